The van der Waals surface area contributed by atoms with E-state index in [1.54, 1.807) is 12.1 Å². The van der Waals surface area contributed by atoms with Crippen LogP contribution in [0.15, 0.2) is 28.7 Å². The molecule has 0 aromatic heterocycles. The van der Waals surface area contributed by atoms with E-state index in [0.29, 0.717) is 0 Å². The number of amides is 1. The van der Waals surface area contributed by atoms with Crippen LogP contribution in [0.2, 0.25) is 0 Å². The van der Waals surface area contributed by atoms with Gasteiger partial charge in [0.1, 0.15) is 0 Å². The summed E-state index contributed by atoms with van der Waals surface area (Å²) in [5.41, 5.74) is 0.836. The molecule has 0 aliphatic carbocycles. The lowest BCUT2D eigenvalue weighted by Crippen LogP contribution is -2.58. The molecular formula is C11H10BrF2NO. The van der Waals surface area contributed by atoms with E-state index in [-0.39, 0.29) is 12.3 Å². The second-order valence-electron chi connectivity index (χ2n) is 3.91. The summed E-state index contributed by atoms with van der Waals surface area (Å²) < 4.78 is 26.0. The summed E-state index contributed by atoms with van der Waals surface area (Å²) in [7, 11) is 0. The fraction of sp³-hybridized carbons (Fsp3) is 0.364. The van der Waals surface area contributed by atoms with Crippen molar-refractivity contribution in [2.24, 2.45) is 0 Å². The van der Waals surface area contributed by atoms with Crippen LogP contribution >= 0.6 is 15.9 Å². The highest BCUT2D eigenvalue weighted by Crippen LogP contribution is 2.27. The SMILES string of the molecule is O=C(Cc1ccc(Br)cc1)N1CC(F)(F)C1. The third-order valence-electron chi connectivity index (χ3n) is 2.47. The first-order valence-corrected chi connectivity index (χ1v) is 5.66. The Labute approximate surface area is 100 Å². The van der Waals surface area contributed by atoms with E-state index in [9.17, 15) is 13.6 Å². The van der Waals surface area contributed by atoms with Crippen LogP contribution in [0.4, 0.5) is 8.78 Å². The van der Waals surface area contributed by atoms with E-state index >= 15 is 0 Å². The van der Waals surface area contributed by atoms with E-state index in [2.05, 4.69) is 15.9 Å². The van der Waals surface area contributed by atoms with Gasteiger partial charge in [0, 0.05) is 4.47 Å². The molecule has 0 saturated carbocycles. The number of hydrogen-bond acceptors (Lipinski definition) is 1. The maximum Gasteiger partial charge on any atom is 0.282 e. The predicted molar refractivity (Wildman–Crippen MR) is 59.4 cm³/mol. The molecule has 0 spiro atoms. The summed E-state index contributed by atoms with van der Waals surface area (Å²) in [6, 6.07) is 7.26. The number of carbonyl (C=O) groups excluding carboxylic acids is 1. The minimum Gasteiger partial charge on any atom is -0.330 e. The third-order valence-corrected chi connectivity index (χ3v) is 2.99. The molecule has 5 heteroatoms. The zero-order valence-electron chi connectivity index (χ0n) is 8.42. The molecule has 0 radical (unpaired) electrons. The molecule has 1 aromatic carbocycles. The van der Waals surface area contributed by atoms with E-state index < -0.39 is 19.0 Å². The lowest BCUT2D eigenvalue weighted by Gasteiger charge is -2.38. The van der Waals surface area contributed by atoms with Crippen molar-refractivity contribution in [2.75, 3.05) is 13.1 Å². The minimum atomic E-state index is -2.69. The van der Waals surface area contributed by atoms with Crippen LogP contribution in [0.5, 0.6) is 0 Å². The number of nitrogens with zero attached hydrogens (tertiary/aromatic N) is 1. The van der Waals surface area contributed by atoms with Crippen molar-refractivity contribution in [2.45, 2.75) is 12.3 Å². The number of benzene rings is 1. The number of likely N-dealkylation sites (tertiary alicyclic amines) is 1. The molecular weight excluding hydrogens is 280 g/mol. The van der Waals surface area contributed by atoms with Gasteiger partial charge in [0.25, 0.3) is 5.92 Å². The van der Waals surface area contributed by atoms with Crippen LogP contribution in [0.1, 0.15) is 5.56 Å². The highest BCUT2D eigenvalue weighted by molar-refractivity contribution is 9.10. The number of alkyl halides is 2. The Morgan fingerprint density at radius 3 is 2.38 bits per heavy atom. The Balaban J connectivity index is 1.91. The number of rotatable bonds is 2. The first-order valence-electron chi connectivity index (χ1n) is 4.86. The molecule has 16 heavy (non-hydrogen) atoms. The lowest BCUT2D eigenvalue weighted by molar-refractivity contribution is -0.165. The van der Waals surface area contributed by atoms with Gasteiger partial charge in [0.2, 0.25) is 5.91 Å². The van der Waals surface area contributed by atoms with Crippen molar-refractivity contribution < 1.29 is 13.6 Å². The topological polar surface area (TPSA) is 20.3 Å². The molecule has 0 N–H and O–H groups in total. The van der Waals surface area contributed by atoms with Crippen LogP contribution in [0, 0.1) is 0 Å². The normalized spacial score (nSPS) is 18.1. The van der Waals surface area contributed by atoms with Gasteiger partial charge in [-0.3, -0.25) is 4.79 Å². The Hall–Kier alpha value is -0.970. The van der Waals surface area contributed by atoms with Crippen molar-refractivity contribution >= 4 is 21.8 Å². The van der Waals surface area contributed by atoms with Gasteiger partial charge >= 0.3 is 0 Å². The van der Waals surface area contributed by atoms with Crippen LogP contribution in [-0.4, -0.2) is 29.8 Å². The molecule has 2 rings (SSSR count). The summed E-state index contributed by atoms with van der Waals surface area (Å²) in [4.78, 5) is 12.7. The van der Waals surface area contributed by atoms with Gasteiger partial charge in [-0.15, -0.1) is 0 Å². The van der Waals surface area contributed by atoms with Crippen LogP contribution in [-0.2, 0) is 11.2 Å². The second-order valence-corrected chi connectivity index (χ2v) is 4.82. The quantitative estimate of drug-likeness (QED) is 0.819. The Morgan fingerprint density at radius 2 is 1.88 bits per heavy atom. The number of carbonyl (C=O) groups is 1. The largest absolute Gasteiger partial charge is 0.330 e. The van der Waals surface area contributed by atoms with Crippen molar-refractivity contribution in [3.8, 4) is 0 Å². The monoisotopic (exact) mass is 289 g/mol. The van der Waals surface area contributed by atoms with Crippen molar-refractivity contribution in [1.29, 1.82) is 0 Å². The molecule has 0 bridgehead atoms. The van der Waals surface area contributed by atoms with Crippen LogP contribution in [0.3, 0.4) is 0 Å². The van der Waals surface area contributed by atoms with E-state index in [4.69, 9.17) is 0 Å². The summed E-state index contributed by atoms with van der Waals surface area (Å²) in [5, 5.41) is 0. The van der Waals surface area contributed by atoms with Crippen molar-refractivity contribution in [3.05, 3.63) is 34.3 Å². The standard InChI is InChI=1S/C11H10BrF2NO/c12-9-3-1-8(2-4-9)5-10(16)15-6-11(13,14)7-15/h1-4H,5-7H2. The fourth-order valence-electron chi connectivity index (χ4n) is 1.58. The maximum atomic E-state index is 12.5. The molecule has 2 nitrogen and oxygen atoms in total. The van der Waals surface area contributed by atoms with Crippen molar-refractivity contribution in [3.63, 3.8) is 0 Å². The Bertz CT molecular complexity index is 397. The highest BCUT2D eigenvalue weighted by Gasteiger charge is 2.45. The second kappa shape index (κ2) is 4.13. The zero-order chi connectivity index (χ0) is 11.8. The van der Waals surface area contributed by atoms with Gasteiger partial charge in [-0.25, -0.2) is 8.78 Å². The maximum absolute atomic E-state index is 12.5. The summed E-state index contributed by atoms with van der Waals surface area (Å²) in [6.45, 7) is -0.884. The summed E-state index contributed by atoms with van der Waals surface area (Å²) in [5.74, 6) is -2.93. The Kier molecular flexibility index (Phi) is 2.97. The fourth-order valence-corrected chi connectivity index (χ4v) is 1.84. The van der Waals surface area contributed by atoms with E-state index in [1.165, 1.54) is 4.90 Å². The van der Waals surface area contributed by atoms with Gasteiger partial charge in [-0.1, -0.05) is 28.1 Å². The predicted octanol–water partition coefficient (Wildman–Crippen LogP) is 2.47. The average molecular weight is 290 g/mol. The summed E-state index contributed by atoms with van der Waals surface area (Å²) in [6.07, 6.45) is 0.184. The Morgan fingerprint density at radius 1 is 1.31 bits per heavy atom. The van der Waals surface area contributed by atoms with Gasteiger partial charge in [0.15, 0.2) is 0 Å². The molecule has 0 unspecified atom stereocenters. The van der Waals surface area contributed by atoms with E-state index in [1.807, 2.05) is 12.1 Å². The molecule has 1 saturated heterocycles. The zero-order valence-corrected chi connectivity index (χ0v) is 10.0. The van der Waals surface area contributed by atoms with Gasteiger partial charge in [-0.05, 0) is 17.7 Å². The van der Waals surface area contributed by atoms with Crippen LogP contribution in [0.25, 0.3) is 0 Å². The third kappa shape index (κ3) is 2.58. The van der Waals surface area contributed by atoms with Gasteiger partial charge in [-0.2, -0.15) is 0 Å². The molecule has 1 aliphatic heterocycles. The molecule has 0 atom stereocenters. The molecule has 1 aliphatic rings. The molecule has 86 valence electrons. The lowest BCUT2D eigenvalue weighted by atomic mass is 10.1. The molecule has 1 heterocycles. The number of hydrogen-bond donors (Lipinski definition) is 0. The smallest absolute Gasteiger partial charge is 0.282 e. The van der Waals surface area contributed by atoms with Gasteiger partial charge in [0.05, 0.1) is 19.5 Å². The highest BCUT2D eigenvalue weighted by atomic mass is 79.9. The first kappa shape index (κ1) is 11.5. The number of halogens is 3. The molecule has 1 fully saturated rings. The summed E-state index contributed by atoms with van der Waals surface area (Å²) >= 11 is 3.29. The van der Waals surface area contributed by atoms with Crippen molar-refractivity contribution in [1.82, 2.24) is 4.90 Å². The average Bonchev–Trinajstić information content (AvgIpc) is 2.18. The molecule has 1 aromatic rings. The van der Waals surface area contributed by atoms with E-state index in [0.717, 1.165) is 10.0 Å². The minimum absolute atomic E-state index is 0.184. The van der Waals surface area contributed by atoms with Gasteiger partial charge < -0.3 is 4.90 Å². The molecule has 1 amide bonds. The first-order chi connectivity index (χ1) is 7.46. The van der Waals surface area contributed by atoms with Crippen LogP contribution < -0.4 is 0 Å².